The lowest BCUT2D eigenvalue weighted by atomic mass is 10.00. The van der Waals surface area contributed by atoms with Crippen molar-refractivity contribution in [2.75, 3.05) is 0 Å². The quantitative estimate of drug-likeness (QED) is 0.501. The fraction of sp³-hybridized carbons (Fsp3) is 0.240. The summed E-state index contributed by atoms with van der Waals surface area (Å²) in [6.45, 7) is 7.27. The molecule has 2 N–H and O–H groups in total. The number of nitrogens with zero attached hydrogens (tertiary/aromatic N) is 1. The fourth-order valence-corrected chi connectivity index (χ4v) is 3.91. The van der Waals surface area contributed by atoms with Crippen LogP contribution < -0.4 is 5.73 Å². The van der Waals surface area contributed by atoms with Crippen LogP contribution in [0.3, 0.4) is 0 Å². The van der Waals surface area contributed by atoms with E-state index in [0.717, 1.165) is 34.8 Å². The Hall–Kier alpha value is -3.07. The Morgan fingerprint density at radius 3 is 2.54 bits per heavy atom. The molecule has 0 aliphatic heterocycles. The second-order valence-electron chi connectivity index (χ2n) is 7.67. The van der Waals surface area contributed by atoms with Crippen molar-refractivity contribution in [3.05, 3.63) is 82.9 Å². The molecule has 0 fully saturated rings. The first-order chi connectivity index (χ1) is 13.5. The van der Waals surface area contributed by atoms with E-state index in [1.54, 1.807) is 6.07 Å². The monoisotopic (exact) mass is 369 g/mol. The number of hydrogen-bond acceptors (Lipinski definition) is 1. The minimum atomic E-state index is -0.404. The van der Waals surface area contributed by atoms with E-state index < -0.39 is 5.91 Å². The zero-order chi connectivity index (χ0) is 19.8. The second kappa shape index (κ2) is 7.16. The Morgan fingerprint density at radius 1 is 1.07 bits per heavy atom. The zero-order valence-corrected chi connectivity index (χ0v) is 16.6. The molecule has 0 atom stereocenters. The van der Waals surface area contributed by atoms with Gasteiger partial charge in [0.05, 0.1) is 11.0 Å². The number of rotatable bonds is 5. The van der Waals surface area contributed by atoms with Gasteiger partial charge in [-0.2, -0.15) is 0 Å². The summed E-state index contributed by atoms with van der Waals surface area (Å²) in [4.78, 5) is 12.1. The Bertz CT molecular complexity index is 1180. The molecule has 28 heavy (non-hydrogen) atoms. The van der Waals surface area contributed by atoms with Crippen molar-refractivity contribution in [1.29, 1.82) is 0 Å². The van der Waals surface area contributed by atoms with E-state index >= 15 is 0 Å². The van der Waals surface area contributed by atoms with Crippen LogP contribution in [0.5, 0.6) is 0 Å². The number of carbonyl (C=O) groups excluding carboxylic acids is 1. The van der Waals surface area contributed by atoms with Crippen molar-refractivity contribution < 1.29 is 4.79 Å². The molecule has 1 radical (unpaired) electrons. The predicted octanol–water partition coefficient (Wildman–Crippen LogP) is 5.43. The lowest BCUT2D eigenvalue weighted by molar-refractivity contribution is 0.100. The number of hydrogen-bond donors (Lipinski definition) is 1. The molecule has 3 aromatic carbocycles. The maximum Gasteiger partial charge on any atom is 0.249 e. The number of nitrogens with two attached hydrogens (primary N) is 1. The average molecular weight is 369 g/mol. The van der Waals surface area contributed by atoms with E-state index in [1.807, 2.05) is 12.1 Å². The smallest absolute Gasteiger partial charge is 0.249 e. The second-order valence-corrected chi connectivity index (χ2v) is 7.67. The molecule has 0 saturated carbocycles. The van der Waals surface area contributed by atoms with Crippen LogP contribution in [-0.4, -0.2) is 10.5 Å². The predicted molar refractivity (Wildman–Crippen MR) is 116 cm³/mol. The molecule has 0 saturated heterocycles. The van der Waals surface area contributed by atoms with Crippen LogP contribution in [0, 0.1) is 6.07 Å². The van der Waals surface area contributed by atoms with Gasteiger partial charge in [0.25, 0.3) is 0 Å². The van der Waals surface area contributed by atoms with Crippen LogP contribution in [0.1, 0.15) is 53.7 Å². The molecule has 4 rings (SSSR count). The van der Waals surface area contributed by atoms with Gasteiger partial charge in [-0.05, 0) is 53.3 Å². The summed E-state index contributed by atoms with van der Waals surface area (Å²) in [5.74, 6) is 0.00473. The molecule has 0 unspecified atom stereocenters. The highest BCUT2D eigenvalue weighted by molar-refractivity contribution is 6.17. The van der Waals surface area contributed by atoms with Crippen LogP contribution in [0.15, 0.2) is 54.6 Å². The minimum Gasteiger partial charge on any atom is -0.366 e. The Morgan fingerprint density at radius 2 is 1.82 bits per heavy atom. The first-order valence-electron chi connectivity index (χ1n) is 9.83. The molecule has 141 valence electrons. The summed E-state index contributed by atoms with van der Waals surface area (Å²) >= 11 is 0. The third-order valence-corrected chi connectivity index (χ3v) is 5.49. The average Bonchev–Trinajstić information content (AvgIpc) is 3.01. The molecule has 3 heteroatoms. The third-order valence-electron chi connectivity index (χ3n) is 5.49. The number of aryl methyl sites for hydroxylation is 1. The number of benzene rings is 3. The largest absolute Gasteiger partial charge is 0.366 e. The van der Waals surface area contributed by atoms with Gasteiger partial charge in [0.2, 0.25) is 5.91 Å². The van der Waals surface area contributed by atoms with Gasteiger partial charge in [-0.25, -0.2) is 0 Å². The first-order valence-corrected chi connectivity index (χ1v) is 9.83. The molecule has 0 aliphatic carbocycles. The molecule has 1 heterocycles. The molecular weight excluding hydrogens is 344 g/mol. The van der Waals surface area contributed by atoms with Crippen LogP contribution in [0.2, 0.25) is 0 Å². The van der Waals surface area contributed by atoms with Crippen LogP contribution in [0.4, 0.5) is 0 Å². The molecule has 0 bridgehead atoms. The number of carbonyl (C=O) groups is 1. The minimum absolute atomic E-state index is 0.404. The number of fused-ring (bicyclic) bond motifs is 3. The van der Waals surface area contributed by atoms with Crippen molar-refractivity contribution in [3.8, 4) is 0 Å². The summed E-state index contributed by atoms with van der Waals surface area (Å²) in [6, 6.07) is 22.2. The number of amides is 1. The molecule has 4 aromatic rings. The van der Waals surface area contributed by atoms with E-state index in [0.29, 0.717) is 11.5 Å². The topological polar surface area (TPSA) is 48.0 Å². The van der Waals surface area contributed by atoms with Crippen molar-refractivity contribution in [3.63, 3.8) is 0 Å². The summed E-state index contributed by atoms with van der Waals surface area (Å²) in [5.41, 5.74) is 12.2. The molecule has 3 nitrogen and oxygen atoms in total. The van der Waals surface area contributed by atoms with Crippen LogP contribution in [-0.2, 0) is 13.0 Å². The van der Waals surface area contributed by atoms with Gasteiger partial charge < -0.3 is 10.3 Å². The van der Waals surface area contributed by atoms with Gasteiger partial charge in [0.15, 0.2) is 0 Å². The standard InChI is InChI=1S/C25H25N2O/c1-4-17-7-5-8-18(13-17)15-27-22-10-6-9-21(25(26)28)24(22)20-12-11-19(16(2)3)14-23(20)27/h5-11,13-14,16H,4,15H2,1-3H3,(H2,26,28). The highest BCUT2D eigenvalue weighted by atomic mass is 16.1. The normalized spacial score (nSPS) is 11.6. The lowest BCUT2D eigenvalue weighted by Crippen LogP contribution is -2.11. The van der Waals surface area contributed by atoms with Crippen molar-refractivity contribution in [2.45, 2.75) is 39.7 Å². The fourth-order valence-electron chi connectivity index (χ4n) is 3.91. The Balaban J connectivity index is 2.02. The van der Waals surface area contributed by atoms with Crippen molar-refractivity contribution in [1.82, 2.24) is 4.57 Å². The highest BCUT2D eigenvalue weighted by Crippen LogP contribution is 2.34. The highest BCUT2D eigenvalue weighted by Gasteiger charge is 2.17. The summed E-state index contributed by atoms with van der Waals surface area (Å²) < 4.78 is 2.29. The first kappa shape index (κ1) is 18.3. The Kier molecular flexibility index (Phi) is 4.68. The molecular formula is C25H25N2O. The van der Waals surface area contributed by atoms with E-state index in [4.69, 9.17) is 5.73 Å². The van der Waals surface area contributed by atoms with Gasteiger partial charge >= 0.3 is 0 Å². The van der Waals surface area contributed by atoms with Gasteiger partial charge in [-0.15, -0.1) is 0 Å². The number of primary amides is 1. The van der Waals surface area contributed by atoms with E-state index in [2.05, 4.69) is 67.8 Å². The van der Waals surface area contributed by atoms with Gasteiger partial charge in [-0.1, -0.05) is 57.2 Å². The molecule has 0 spiro atoms. The van der Waals surface area contributed by atoms with Crippen LogP contribution >= 0.6 is 0 Å². The lowest BCUT2D eigenvalue weighted by Gasteiger charge is -2.11. The Labute approximate surface area is 165 Å². The van der Waals surface area contributed by atoms with Gasteiger partial charge in [0.1, 0.15) is 0 Å². The summed E-state index contributed by atoms with van der Waals surface area (Å²) in [5, 5.41) is 1.85. The van der Waals surface area contributed by atoms with Crippen molar-refractivity contribution in [2.24, 2.45) is 5.73 Å². The number of aromatic nitrogens is 1. The SMILES string of the molecule is CCc1cccc(Cn2c3cc(C(C)C)c[c]c3c3c(C(N)=O)cccc32)c1. The van der Waals surface area contributed by atoms with E-state index in [-0.39, 0.29) is 0 Å². The van der Waals surface area contributed by atoms with Crippen LogP contribution in [0.25, 0.3) is 21.8 Å². The maximum absolute atomic E-state index is 12.1. The molecule has 0 aliphatic rings. The van der Waals surface area contributed by atoms with Crippen molar-refractivity contribution >= 4 is 27.7 Å². The molecule has 1 amide bonds. The summed E-state index contributed by atoms with van der Waals surface area (Å²) in [7, 11) is 0. The third kappa shape index (κ3) is 3.07. The maximum atomic E-state index is 12.1. The molecule has 1 aromatic heterocycles. The summed E-state index contributed by atoms with van der Waals surface area (Å²) in [6.07, 6.45) is 1.01. The zero-order valence-electron chi connectivity index (χ0n) is 16.6. The van der Waals surface area contributed by atoms with Gasteiger partial charge in [-0.3, -0.25) is 4.79 Å². The van der Waals surface area contributed by atoms with E-state index in [1.165, 1.54) is 16.7 Å². The van der Waals surface area contributed by atoms with E-state index in [9.17, 15) is 4.79 Å². The van der Waals surface area contributed by atoms with Gasteiger partial charge in [0, 0.05) is 22.9 Å².